The van der Waals surface area contributed by atoms with Crippen LogP contribution in [0.15, 0.2) is 54.6 Å². The van der Waals surface area contributed by atoms with Crippen LogP contribution >= 0.6 is 22.9 Å². The third-order valence-corrected chi connectivity index (χ3v) is 7.23. The molecule has 0 aliphatic heterocycles. The SMILES string of the molecule is CCOC(=O)c1c(-c2ccccc2)nc2sc3c(C)c(C#N)c(N)nc3c2c1-c1ccc(Cl)cc1. The second kappa shape index (κ2) is 8.99. The van der Waals surface area contributed by atoms with Crippen molar-refractivity contribution in [3.63, 3.8) is 0 Å². The molecule has 0 amide bonds. The molecular formula is C27H19ClN4O2S. The molecule has 5 aromatic rings. The van der Waals surface area contributed by atoms with Crippen LogP contribution in [0, 0.1) is 18.3 Å². The van der Waals surface area contributed by atoms with E-state index in [4.69, 9.17) is 27.1 Å². The van der Waals surface area contributed by atoms with Gasteiger partial charge in [-0.25, -0.2) is 14.8 Å². The molecule has 6 nitrogen and oxygen atoms in total. The van der Waals surface area contributed by atoms with Gasteiger partial charge in [0.1, 0.15) is 16.7 Å². The van der Waals surface area contributed by atoms with Gasteiger partial charge >= 0.3 is 5.97 Å². The quantitative estimate of drug-likeness (QED) is 0.274. The molecule has 0 aliphatic carbocycles. The Labute approximate surface area is 210 Å². The molecule has 0 saturated heterocycles. The van der Waals surface area contributed by atoms with E-state index >= 15 is 0 Å². The minimum absolute atomic E-state index is 0.143. The lowest BCUT2D eigenvalue weighted by atomic mass is 9.93. The summed E-state index contributed by atoms with van der Waals surface area (Å²) in [5.41, 5.74) is 10.9. The number of aromatic nitrogens is 2. The van der Waals surface area contributed by atoms with Crippen molar-refractivity contribution in [2.75, 3.05) is 12.3 Å². The van der Waals surface area contributed by atoms with Crippen LogP contribution in [0.1, 0.15) is 28.4 Å². The summed E-state index contributed by atoms with van der Waals surface area (Å²) in [6.45, 7) is 3.83. The maximum Gasteiger partial charge on any atom is 0.341 e. The summed E-state index contributed by atoms with van der Waals surface area (Å²) >= 11 is 7.61. The van der Waals surface area contributed by atoms with Gasteiger partial charge in [-0.15, -0.1) is 11.3 Å². The summed E-state index contributed by atoms with van der Waals surface area (Å²) in [5, 5.41) is 10.9. The number of carbonyl (C=O) groups excluding carboxylic acids is 1. The molecule has 172 valence electrons. The van der Waals surface area contributed by atoms with Crippen molar-refractivity contribution in [1.82, 2.24) is 9.97 Å². The van der Waals surface area contributed by atoms with E-state index in [9.17, 15) is 10.1 Å². The monoisotopic (exact) mass is 498 g/mol. The maximum atomic E-state index is 13.5. The van der Waals surface area contributed by atoms with Crippen molar-refractivity contribution < 1.29 is 9.53 Å². The number of aryl methyl sites for hydroxylation is 1. The minimum atomic E-state index is -0.483. The van der Waals surface area contributed by atoms with Crippen molar-refractivity contribution in [3.05, 3.63) is 76.3 Å². The van der Waals surface area contributed by atoms with Gasteiger partial charge in [0.05, 0.1) is 33.6 Å². The number of nitrogens with zero attached hydrogens (tertiary/aromatic N) is 3. The Morgan fingerprint density at radius 2 is 1.83 bits per heavy atom. The number of rotatable bonds is 4. The van der Waals surface area contributed by atoms with Gasteiger partial charge in [0.2, 0.25) is 0 Å². The summed E-state index contributed by atoms with van der Waals surface area (Å²) in [4.78, 5) is 23.7. The van der Waals surface area contributed by atoms with Gasteiger partial charge < -0.3 is 10.5 Å². The molecule has 0 spiro atoms. The zero-order valence-corrected chi connectivity index (χ0v) is 20.5. The van der Waals surface area contributed by atoms with Crippen molar-refractivity contribution in [2.45, 2.75) is 13.8 Å². The van der Waals surface area contributed by atoms with Crippen LogP contribution in [0.2, 0.25) is 5.02 Å². The average molecular weight is 499 g/mol. The van der Waals surface area contributed by atoms with E-state index in [0.29, 0.717) is 43.1 Å². The minimum Gasteiger partial charge on any atom is -0.462 e. The van der Waals surface area contributed by atoms with Crippen molar-refractivity contribution in [3.8, 4) is 28.5 Å². The number of fused-ring (bicyclic) bond motifs is 3. The molecule has 0 bridgehead atoms. The Morgan fingerprint density at radius 3 is 2.49 bits per heavy atom. The first-order chi connectivity index (χ1) is 16.9. The lowest BCUT2D eigenvalue weighted by Gasteiger charge is -2.16. The first kappa shape index (κ1) is 22.8. The van der Waals surface area contributed by atoms with Crippen LogP contribution in [0.3, 0.4) is 0 Å². The Morgan fingerprint density at radius 1 is 1.11 bits per heavy atom. The maximum absolute atomic E-state index is 13.5. The Kier molecular flexibility index (Phi) is 5.85. The number of nitrogen functional groups attached to an aromatic ring is 1. The average Bonchev–Trinajstić information content (AvgIpc) is 3.23. The molecule has 3 aromatic heterocycles. The first-order valence-electron chi connectivity index (χ1n) is 10.9. The highest BCUT2D eigenvalue weighted by atomic mass is 35.5. The molecule has 0 saturated carbocycles. The predicted molar refractivity (Wildman–Crippen MR) is 141 cm³/mol. The molecule has 2 N–H and O–H groups in total. The molecule has 5 rings (SSSR count). The van der Waals surface area contributed by atoms with Crippen LogP contribution in [0.4, 0.5) is 5.82 Å². The Bertz CT molecular complexity index is 1660. The highest BCUT2D eigenvalue weighted by molar-refractivity contribution is 7.25. The number of ether oxygens (including phenoxy) is 1. The molecule has 8 heteroatoms. The smallest absolute Gasteiger partial charge is 0.341 e. The van der Waals surface area contributed by atoms with E-state index < -0.39 is 5.97 Å². The Hall–Kier alpha value is -3.99. The zero-order valence-electron chi connectivity index (χ0n) is 18.9. The third-order valence-electron chi connectivity index (χ3n) is 5.79. The predicted octanol–water partition coefficient (Wildman–Crippen LogP) is 6.77. The molecule has 0 aliphatic rings. The fourth-order valence-electron chi connectivity index (χ4n) is 4.21. The van der Waals surface area contributed by atoms with E-state index in [0.717, 1.165) is 21.4 Å². The molecule has 0 radical (unpaired) electrons. The summed E-state index contributed by atoms with van der Waals surface area (Å²) in [6.07, 6.45) is 0. The molecule has 2 aromatic carbocycles. The standard InChI is InChI=1S/C27H19ClN4O2S/c1-3-34-27(33)21-19(15-9-11-17(28)12-10-15)20-23-24(14(2)18(13-29)25(30)31-23)35-26(20)32-22(21)16-7-5-4-6-8-16/h4-12H,3H2,1-2H3,(H2,30,31). The van der Waals surface area contributed by atoms with E-state index in [1.165, 1.54) is 11.3 Å². The number of hydrogen-bond acceptors (Lipinski definition) is 7. The summed E-state index contributed by atoms with van der Waals surface area (Å²) in [5.74, 6) is -0.340. The van der Waals surface area contributed by atoms with Crippen molar-refractivity contribution in [1.29, 1.82) is 5.26 Å². The van der Waals surface area contributed by atoms with Crippen LogP contribution in [-0.2, 0) is 4.74 Å². The molecule has 0 fully saturated rings. The Balaban J connectivity index is 2.03. The van der Waals surface area contributed by atoms with Crippen molar-refractivity contribution >= 4 is 55.2 Å². The largest absolute Gasteiger partial charge is 0.462 e. The topological polar surface area (TPSA) is 102 Å². The van der Waals surface area contributed by atoms with Crippen LogP contribution in [0.5, 0.6) is 0 Å². The number of benzene rings is 2. The number of esters is 1. The summed E-state index contributed by atoms with van der Waals surface area (Å²) < 4.78 is 6.31. The van der Waals surface area contributed by atoms with E-state index in [1.807, 2.05) is 49.4 Å². The van der Waals surface area contributed by atoms with E-state index in [-0.39, 0.29) is 12.4 Å². The second-order valence-electron chi connectivity index (χ2n) is 7.87. The van der Waals surface area contributed by atoms with Gasteiger partial charge in [-0.1, -0.05) is 54.1 Å². The van der Waals surface area contributed by atoms with Gasteiger partial charge in [0.25, 0.3) is 0 Å². The van der Waals surface area contributed by atoms with Crippen LogP contribution < -0.4 is 5.73 Å². The van der Waals surface area contributed by atoms with E-state index in [1.54, 1.807) is 19.1 Å². The van der Waals surface area contributed by atoms with E-state index in [2.05, 4.69) is 11.1 Å². The van der Waals surface area contributed by atoms with Gasteiger partial charge in [0, 0.05) is 21.5 Å². The molecule has 3 heterocycles. The number of halogens is 1. The number of carbonyl (C=O) groups is 1. The number of hydrogen-bond donors (Lipinski definition) is 1. The second-order valence-corrected chi connectivity index (χ2v) is 9.31. The highest BCUT2D eigenvalue weighted by Gasteiger charge is 2.28. The molecule has 35 heavy (non-hydrogen) atoms. The van der Waals surface area contributed by atoms with Gasteiger partial charge in [-0.3, -0.25) is 0 Å². The van der Waals surface area contributed by atoms with Crippen molar-refractivity contribution in [2.24, 2.45) is 0 Å². The number of thiophene rings is 1. The first-order valence-corrected chi connectivity index (χ1v) is 12.1. The fraction of sp³-hybridized carbons (Fsp3) is 0.111. The van der Waals surface area contributed by atoms with Gasteiger partial charge in [0.15, 0.2) is 0 Å². The lowest BCUT2D eigenvalue weighted by molar-refractivity contribution is 0.0528. The molecular weight excluding hydrogens is 480 g/mol. The van der Waals surface area contributed by atoms with Gasteiger partial charge in [-0.05, 0) is 37.1 Å². The summed E-state index contributed by atoms with van der Waals surface area (Å²) in [6, 6.07) is 18.9. The number of pyridine rings is 2. The zero-order chi connectivity index (χ0) is 24.7. The highest BCUT2D eigenvalue weighted by Crippen LogP contribution is 2.45. The third kappa shape index (κ3) is 3.77. The van der Waals surface area contributed by atoms with Gasteiger partial charge in [-0.2, -0.15) is 5.26 Å². The number of anilines is 1. The molecule has 0 unspecified atom stereocenters. The normalized spacial score (nSPS) is 11.0. The molecule has 0 atom stereocenters. The summed E-state index contributed by atoms with van der Waals surface area (Å²) in [7, 11) is 0. The number of nitriles is 1. The number of nitrogens with two attached hydrogens (primary N) is 1. The van der Waals surface area contributed by atoms with Crippen LogP contribution in [-0.4, -0.2) is 22.5 Å². The fourth-order valence-corrected chi connectivity index (χ4v) is 5.47. The lowest BCUT2D eigenvalue weighted by Crippen LogP contribution is -2.10. The van der Waals surface area contributed by atoms with Crippen LogP contribution in [0.25, 0.3) is 42.8 Å².